The number of fused-ring (bicyclic) bond motifs is 6. The first-order valence-electron chi connectivity index (χ1n) is 32.9. The van der Waals surface area contributed by atoms with Gasteiger partial charge in [-0.05, 0) is 236 Å². The van der Waals surface area contributed by atoms with E-state index in [0.29, 0.717) is 27.3 Å². The predicted octanol–water partition coefficient (Wildman–Crippen LogP) is 21.2. The average Bonchev–Trinajstić information content (AvgIpc) is 1.73. The van der Waals surface area contributed by atoms with Crippen LogP contribution in [0.25, 0.3) is 65.5 Å². The number of nitrogens with two attached hydrogens (primary N) is 2. The lowest BCUT2D eigenvalue weighted by Gasteiger charge is -2.05. The van der Waals surface area contributed by atoms with Crippen molar-refractivity contribution in [2.24, 2.45) is 10.3 Å². The molecule has 0 atom stereocenters. The number of hydrogen-bond acceptors (Lipinski definition) is 8. The number of ether oxygens (including phenoxy) is 1. The zero-order chi connectivity index (χ0) is 76.7. The fraction of sp³-hybridized carbons (Fsp3) is 0.159. The second-order valence-corrected chi connectivity index (χ2v) is 29.1. The summed E-state index contributed by atoms with van der Waals surface area (Å²) in [6, 6.07) is 57.0. The van der Waals surface area contributed by atoms with Crippen LogP contribution in [-0.2, 0) is 20.0 Å². The van der Waals surface area contributed by atoms with Crippen molar-refractivity contribution < 1.29 is 30.4 Å². The van der Waals surface area contributed by atoms with Crippen molar-refractivity contribution in [1.29, 1.82) is 0 Å². The fourth-order valence-electron chi connectivity index (χ4n) is 10.2. The zero-order valence-electron chi connectivity index (χ0n) is 60.6. The Kier molecular flexibility index (Phi) is 29.9. The van der Waals surface area contributed by atoms with Crippen LogP contribution in [0, 0.1) is 94.7 Å². The van der Waals surface area contributed by atoms with E-state index in [4.69, 9.17) is 49.8 Å². The van der Waals surface area contributed by atoms with Gasteiger partial charge >= 0.3 is 0 Å². The highest BCUT2D eigenvalue weighted by molar-refractivity contribution is 7.89. The van der Waals surface area contributed by atoms with E-state index < -0.39 is 20.0 Å². The molecule has 546 valence electrons. The number of pyridine rings is 3. The van der Waals surface area contributed by atoms with Gasteiger partial charge in [-0.3, -0.25) is 9.97 Å². The van der Waals surface area contributed by atoms with Gasteiger partial charge in [0.2, 0.25) is 20.0 Å². The summed E-state index contributed by atoms with van der Waals surface area (Å²) in [6.07, 6.45) is 11.9. The van der Waals surface area contributed by atoms with E-state index in [9.17, 15) is 25.6 Å². The van der Waals surface area contributed by atoms with Gasteiger partial charge in [0.1, 0.15) is 23.0 Å². The summed E-state index contributed by atoms with van der Waals surface area (Å²) in [6.45, 7) is 23.6. The second-order valence-electron chi connectivity index (χ2n) is 24.8. The molecular formula is C82H86Cl3F2N11O5S2. The van der Waals surface area contributed by atoms with Gasteiger partial charge in [0.15, 0.2) is 0 Å². The van der Waals surface area contributed by atoms with E-state index in [2.05, 4.69) is 139 Å². The molecule has 7 aromatic carbocycles. The lowest BCUT2D eigenvalue weighted by atomic mass is 10.1. The first-order valence-corrected chi connectivity index (χ1v) is 37.1. The quantitative estimate of drug-likeness (QED) is 0.0841. The molecule has 10 N–H and O–H groups in total. The maximum absolute atomic E-state index is 12.8. The predicted molar refractivity (Wildman–Crippen MR) is 430 cm³/mol. The van der Waals surface area contributed by atoms with E-state index in [1.165, 1.54) is 98.4 Å². The zero-order valence-corrected chi connectivity index (χ0v) is 64.5. The van der Waals surface area contributed by atoms with Crippen molar-refractivity contribution in [2.45, 2.75) is 92.9 Å². The fourth-order valence-corrected chi connectivity index (χ4v) is 12.4. The first kappa shape index (κ1) is 81.9. The van der Waals surface area contributed by atoms with Crippen molar-refractivity contribution in [1.82, 2.24) is 44.9 Å². The number of primary sulfonamides is 2. The number of aromatic amines is 6. The van der Waals surface area contributed by atoms with Crippen LogP contribution < -0.4 is 15.0 Å². The highest BCUT2D eigenvalue weighted by Gasteiger charge is 2.13. The van der Waals surface area contributed by atoms with Gasteiger partial charge < -0.3 is 34.6 Å². The number of nitrogens with one attached hydrogen (secondary N) is 6. The lowest BCUT2D eigenvalue weighted by molar-refractivity contribution is 0.413. The third-order valence-electron chi connectivity index (χ3n) is 15.7. The lowest BCUT2D eigenvalue weighted by Crippen LogP contribution is -2.13. The molecule has 0 aliphatic heterocycles. The van der Waals surface area contributed by atoms with Crippen LogP contribution >= 0.6 is 34.8 Å². The molecule has 0 unspecified atom stereocenters. The number of methoxy groups -OCH3 is 1. The molecule has 0 bridgehead atoms. The van der Waals surface area contributed by atoms with Crippen molar-refractivity contribution in [3.63, 3.8) is 0 Å². The maximum atomic E-state index is 12.8. The SMILES string of the molecule is COc1ccc(C)c(S(N)(=O)=O)c1.Cc1cc2cc(Cl)ccc2[nH]1.Cc1cc2cc(Cl)cnc2[nH]1.Cc1ccc(C)nc1.Cc1ccc(F)cn1.Cc1ccc2c(C)c[nH]c2c1.Cc1ccc2c(Cl)c[nH]c2c1.Cc1ccc2c(F)c[nH]c2c1.Cc1ccc2cc[nH]c2c1.Cc1ccccc1S(N)(=O)=O. The van der Waals surface area contributed by atoms with Crippen LogP contribution in [0.4, 0.5) is 8.78 Å². The Morgan fingerprint density at radius 3 is 1.52 bits per heavy atom. The van der Waals surface area contributed by atoms with Crippen LogP contribution in [-0.4, -0.2) is 68.8 Å². The summed E-state index contributed by atoms with van der Waals surface area (Å²) in [7, 11) is -5.71. The molecule has 9 heterocycles. The van der Waals surface area contributed by atoms with Gasteiger partial charge in [-0.2, -0.15) is 0 Å². The Labute approximate surface area is 626 Å². The molecule has 0 radical (unpaired) electrons. The first-order chi connectivity index (χ1) is 49.7. The Hall–Kier alpha value is -10.4. The molecule has 16 aromatic rings. The molecule has 16 nitrogen and oxygen atoms in total. The Balaban J connectivity index is 0.000000163. The molecular weight excluding hydrogens is 1430 g/mol. The van der Waals surface area contributed by atoms with Crippen molar-refractivity contribution >= 4 is 120 Å². The Morgan fingerprint density at radius 2 is 0.933 bits per heavy atom. The van der Waals surface area contributed by atoms with Gasteiger partial charge in [-0.15, -0.1) is 0 Å². The summed E-state index contributed by atoms with van der Waals surface area (Å²) < 4.78 is 73.5. The normalized spacial score (nSPS) is 10.6. The minimum Gasteiger partial charge on any atom is -0.497 e. The highest BCUT2D eigenvalue weighted by Crippen LogP contribution is 2.25. The third kappa shape index (κ3) is 25.8. The molecule has 9 aromatic heterocycles. The van der Waals surface area contributed by atoms with Crippen LogP contribution in [0.1, 0.15) is 67.3 Å². The molecule has 0 spiro atoms. The van der Waals surface area contributed by atoms with E-state index in [-0.39, 0.29) is 21.4 Å². The topological polar surface area (TPSA) is 263 Å². The molecule has 0 amide bonds. The molecule has 0 aliphatic rings. The number of hydrogen-bond donors (Lipinski definition) is 8. The second kappa shape index (κ2) is 38.4. The minimum atomic E-state index is -3.65. The number of nitrogens with zero attached hydrogens (tertiary/aromatic N) is 3. The van der Waals surface area contributed by atoms with Crippen LogP contribution in [0.15, 0.2) is 235 Å². The molecule has 0 saturated carbocycles. The standard InChI is InChI=1S/C10H11N.2C9H8ClN.C9H8FN.C9H9N.C8H7ClN2.C8H11NO3S.C7H9NO2S.C7H9N.C6H6FN/c1-7-3-4-9-8(2)6-11-10(9)5-7;1-6-4-7-5-8(10)2-3-9(7)11-6;2*1-6-2-3-7-8(10)5-11-9(7)4-6;1-7-2-3-8-4-5-10-9(8)6-7;1-5-2-6-3-7(9)4-10-8(6)11-5;1-6-3-4-7(12-2)5-8(6)13(9,10)11;1-6-4-2-3-5-7(6)11(8,9)10;1-6-3-4-7(2)8-5-6;1-5-2-3-6(7)4-8-5/h3-6,11H,1-2H3;3*2-5,11H,1H3;2-6,10H,1H3;2-4H,1H3,(H,10,11);3-5H,1-2H3,(H2,9,10,11);2-5H,1H3,(H2,8,9,10);3-5H,1-2H3;2-4H,1H3. The largest absolute Gasteiger partial charge is 0.497 e. The molecule has 0 fully saturated rings. The van der Waals surface area contributed by atoms with E-state index >= 15 is 0 Å². The van der Waals surface area contributed by atoms with Crippen molar-refractivity contribution in [3.8, 4) is 5.75 Å². The van der Waals surface area contributed by atoms with E-state index in [1.807, 2.05) is 121 Å². The number of halogens is 5. The number of rotatable bonds is 3. The van der Waals surface area contributed by atoms with Gasteiger partial charge in [0.05, 0.1) is 33.1 Å². The number of aryl methyl sites for hydroxylation is 12. The number of H-pyrrole nitrogens is 6. The van der Waals surface area contributed by atoms with Crippen molar-refractivity contribution in [2.75, 3.05) is 7.11 Å². The molecule has 23 heteroatoms. The number of aromatic nitrogens is 9. The smallest absolute Gasteiger partial charge is 0.238 e. The molecule has 105 heavy (non-hydrogen) atoms. The van der Waals surface area contributed by atoms with E-state index in [1.54, 1.807) is 62.5 Å². The molecule has 0 aliphatic carbocycles. The van der Waals surface area contributed by atoms with Gasteiger partial charge in [-0.1, -0.05) is 108 Å². The highest BCUT2D eigenvalue weighted by atomic mass is 35.5. The Morgan fingerprint density at radius 1 is 0.400 bits per heavy atom. The maximum Gasteiger partial charge on any atom is 0.238 e. The summed E-state index contributed by atoms with van der Waals surface area (Å²) in [5.41, 5.74) is 19.5. The summed E-state index contributed by atoms with van der Waals surface area (Å²) in [5.74, 6) is 0.0187. The monoisotopic (exact) mass is 1510 g/mol. The summed E-state index contributed by atoms with van der Waals surface area (Å²) in [5, 5.41) is 18.8. The number of sulfonamides is 2. The van der Waals surface area contributed by atoms with E-state index in [0.717, 1.165) is 65.7 Å². The van der Waals surface area contributed by atoms with Gasteiger partial charge in [0, 0.05) is 126 Å². The average molecular weight is 1510 g/mol. The van der Waals surface area contributed by atoms with Gasteiger partial charge in [-0.25, -0.2) is 40.9 Å². The Bertz CT molecular complexity index is 5360. The van der Waals surface area contributed by atoms with Crippen LogP contribution in [0.5, 0.6) is 5.75 Å². The molecule has 16 rings (SSSR count). The minimum absolute atomic E-state index is 0.104. The van der Waals surface area contributed by atoms with Crippen molar-refractivity contribution in [3.05, 3.63) is 319 Å². The van der Waals surface area contributed by atoms with Crippen LogP contribution in [0.2, 0.25) is 15.1 Å². The van der Waals surface area contributed by atoms with Crippen LogP contribution in [0.3, 0.4) is 0 Å². The molecule has 0 saturated heterocycles. The number of benzene rings is 7. The summed E-state index contributed by atoms with van der Waals surface area (Å²) >= 11 is 17.5. The summed E-state index contributed by atoms with van der Waals surface area (Å²) in [4.78, 5) is 30.9. The van der Waals surface area contributed by atoms with Gasteiger partial charge in [0.25, 0.3) is 0 Å². The third-order valence-corrected chi connectivity index (χ3v) is 18.5.